The van der Waals surface area contributed by atoms with E-state index in [0.717, 1.165) is 13.0 Å². The third kappa shape index (κ3) is 5.07. The number of carboxylic acid groups (broad SMARTS) is 1. The maximum Gasteiger partial charge on any atom is 0.337 e. The summed E-state index contributed by atoms with van der Waals surface area (Å²) in [5, 5.41) is 12.0. The first-order valence-corrected chi connectivity index (χ1v) is 6.84. The summed E-state index contributed by atoms with van der Waals surface area (Å²) >= 11 is 0. The number of amides is 2. The molecule has 0 fully saturated rings. The van der Waals surface area contributed by atoms with Gasteiger partial charge in [0.2, 0.25) is 0 Å². The zero-order chi connectivity index (χ0) is 16.0. The Hall–Kier alpha value is -2.08. The Labute approximate surface area is 125 Å². The fourth-order valence-electron chi connectivity index (χ4n) is 1.89. The fraction of sp³-hybridized carbons (Fsp3) is 0.467. The molecule has 0 heterocycles. The number of hydrogen-bond acceptors (Lipinski definition) is 3. The van der Waals surface area contributed by atoms with E-state index in [1.165, 1.54) is 11.0 Å². The van der Waals surface area contributed by atoms with E-state index in [-0.39, 0.29) is 17.6 Å². The van der Waals surface area contributed by atoms with Crippen molar-refractivity contribution in [3.05, 3.63) is 29.8 Å². The molecule has 21 heavy (non-hydrogen) atoms. The summed E-state index contributed by atoms with van der Waals surface area (Å²) in [6.07, 6.45) is 0.827. The van der Waals surface area contributed by atoms with E-state index in [0.29, 0.717) is 5.69 Å². The summed E-state index contributed by atoms with van der Waals surface area (Å²) in [6, 6.07) is 6.15. The van der Waals surface area contributed by atoms with Crippen LogP contribution >= 0.6 is 0 Å². The molecule has 6 heteroatoms. The number of benzene rings is 1. The molecule has 0 aliphatic heterocycles. The maximum absolute atomic E-state index is 12.2. The molecule has 0 bridgehead atoms. The summed E-state index contributed by atoms with van der Waals surface area (Å²) in [5.41, 5.74) is 0.485. The van der Waals surface area contributed by atoms with Gasteiger partial charge in [0.1, 0.15) is 0 Å². The molecule has 0 aliphatic rings. The highest BCUT2D eigenvalue weighted by molar-refractivity contribution is 6.01. The van der Waals surface area contributed by atoms with Gasteiger partial charge in [-0.3, -0.25) is 4.90 Å². The molecule has 1 atom stereocenters. The van der Waals surface area contributed by atoms with Crippen molar-refractivity contribution in [2.45, 2.75) is 19.4 Å². The summed E-state index contributed by atoms with van der Waals surface area (Å²) < 4.78 is 0. The van der Waals surface area contributed by atoms with Crippen LogP contribution in [0.15, 0.2) is 24.3 Å². The van der Waals surface area contributed by atoms with Gasteiger partial charge in [-0.05, 0) is 46.1 Å². The van der Waals surface area contributed by atoms with Gasteiger partial charge >= 0.3 is 12.0 Å². The van der Waals surface area contributed by atoms with Crippen molar-refractivity contribution in [3.63, 3.8) is 0 Å². The van der Waals surface area contributed by atoms with E-state index in [1.807, 2.05) is 25.9 Å². The third-order valence-corrected chi connectivity index (χ3v) is 3.18. The average molecular weight is 293 g/mol. The van der Waals surface area contributed by atoms with Gasteiger partial charge in [0.05, 0.1) is 11.3 Å². The molecular formula is C15H23N3O3. The molecule has 2 N–H and O–H groups in total. The third-order valence-electron chi connectivity index (χ3n) is 3.18. The molecule has 0 aliphatic carbocycles. The lowest BCUT2D eigenvalue weighted by Crippen LogP contribution is -2.43. The molecule has 1 unspecified atom stereocenters. The number of carbonyl (C=O) groups is 2. The average Bonchev–Trinajstić information content (AvgIpc) is 2.44. The Morgan fingerprint density at radius 2 is 1.86 bits per heavy atom. The molecule has 2 amide bonds. The first-order valence-electron chi connectivity index (χ1n) is 6.84. The van der Waals surface area contributed by atoms with Crippen LogP contribution in [0.5, 0.6) is 0 Å². The van der Waals surface area contributed by atoms with Gasteiger partial charge in [0.15, 0.2) is 0 Å². The second kappa shape index (κ2) is 7.64. The zero-order valence-corrected chi connectivity index (χ0v) is 13.0. The minimum absolute atomic E-state index is 0.0133. The highest BCUT2D eigenvalue weighted by Gasteiger charge is 2.18. The Bertz CT molecular complexity index is 503. The molecule has 0 saturated heterocycles. The first-order chi connectivity index (χ1) is 9.82. The van der Waals surface area contributed by atoms with Crippen molar-refractivity contribution in [2.75, 3.05) is 32.6 Å². The fourth-order valence-corrected chi connectivity index (χ4v) is 1.89. The highest BCUT2D eigenvalue weighted by atomic mass is 16.4. The van der Waals surface area contributed by atoms with Crippen LogP contribution in [0.3, 0.4) is 0 Å². The number of rotatable bonds is 6. The topological polar surface area (TPSA) is 72.9 Å². The normalized spacial score (nSPS) is 12.0. The van der Waals surface area contributed by atoms with Crippen LogP contribution in [-0.2, 0) is 0 Å². The second-order valence-electron chi connectivity index (χ2n) is 5.32. The maximum atomic E-state index is 12.2. The van der Waals surface area contributed by atoms with E-state index in [2.05, 4.69) is 5.32 Å². The number of para-hydroxylation sites is 1. The lowest BCUT2D eigenvalue weighted by atomic mass is 10.1. The van der Waals surface area contributed by atoms with Crippen LogP contribution in [-0.4, -0.2) is 55.7 Å². The number of aromatic carboxylic acids is 1. The number of carbonyl (C=O) groups excluding carboxylic acids is 1. The van der Waals surface area contributed by atoms with Crippen molar-refractivity contribution < 1.29 is 14.7 Å². The molecule has 116 valence electrons. The van der Waals surface area contributed by atoms with Crippen LogP contribution in [0.2, 0.25) is 0 Å². The van der Waals surface area contributed by atoms with E-state index in [4.69, 9.17) is 5.11 Å². The molecule has 0 radical (unpaired) electrons. The molecule has 6 nitrogen and oxygen atoms in total. The lowest BCUT2D eigenvalue weighted by molar-refractivity contribution is 0.0697. The van der Waals surface area contributed by atoms with Gasteiger partial charge in [-0.2, -0.15) is 0 Å². The molecule has 1 aromatic rings. The van der Waals surface area contributed by atoms with Gasteiger partial charge in [0.25, 0.3) is 0 Å². The quantitative estimate of drug-likeness (QED) is 0.840. The van der Waals surface area contributed by atoms with Crippen molar-refractivity contribution in [2.24, 2.45) is 0 Å². The van der Waals surface area contributed by atoms with Gasteiger partial charge in [0, 0.05) is 13.1 Å². The largest absolute Gasteiger partial charge is 0.478 e. The van der Waals surface area contributed by atoms with Gasteiger partial charge in [-0.15, -0.1) is 0 Å². The van der Waals surface area contributed by atoms with Crippen molar-refractivity contribution >= 4 is 17.7 Å². The number of carboxylic acids is 1. The van der Waals surface area contributed by atoms with Gasteiger partial charge < -0.3 is 15.3 Å². The smallest absolute Gasteiger partial charge is 0.337 e. The van der Waals surface area contributed by atoms with Crippen LogP contribution in [0.1, 0.15) is 23.7 Å². The molecule has 1 aromatic carbocycles. The SMILES string of the molecule is CC(CCN(C)C)NC(=O)N(C)c1ccccc1C(=O)O. The summed E-state index contributed by atoms with van der Waals surface area (Å²) in [4.78, 5) is 26.7. The van der Waals surface area contributed by atoms with Gasteiger partial charge in [-0.25, -0.2) is 9.59 Å². The Morgan fingerprint density at radius 1 is 1.24 bits per heavy atom. The Kier molecular flexibility index (Phi) is 6.17. The van der Waals surface area contributed by atoms with Crippen molar-refractivity contribution in [3.8, 4) is 0 Å². The number of anilines is 1. The molecular weight excluding hydrogens is 270 g/mol. The van der Waals surface area contributed by atoms with E-state index >= 15 is 0 Å². The highest BCUT2D eigenvalue weighted by Crippen LogP contribution is 2.19. The number of nitrogens with zero attached hydrogens (tertiary/aromatic N) is 2. The lowest BCUT2D eigenvalue weighted by Gasteiger charge is -2.23. The van der Waals surface area contributed by atoms with Gasteiger partial charge in [-0.1, -0.05) is 12.1 Å². The molecule has 0 saturated carbocycles. The number of hydrogen-bond donors (Lipinski definition) is 2. The number of nitrogens with one attached hydrogen (secondary N) is 1. The zero-order valence-electron chi connectivity index (χ0n) is 13.0. The van der Waals surface area contributed by atoms with Crippen LogP contribution in [0.4, 0.5) is 10.5 Å². The predicted octanol–water partition coefficient (Wildman–Crippen LogP) is 1.87. The van der Waals surface area contributed by atoms with Crippen molar-refractivity contribution in [1.29, 1.82) is 0 Å². The Morgan fingerprint density at radius 3 is 2.43 bits per heavy atom. The van der Waals surface area contributed by atoms with Crippen LogP contribution < -0.4 is 10.2 Å². The summed E-state index contributed by atoms with van der Waals surface area (Å²) in [5.74, 6) is -1.05. The summed E-state index contributed by atoms with van der Waals surface area (Å²) in [6.45, 7) is 2.80. The van der Waals surface area contributed by atoms with E-state index in [1.54, 1.807) is 25.2 Å². The molecule has 0 aromatic heterocycles. The monoisotopic (exact) mass is 293 g/mol. The second-order valence-corrected chi connectivity index (χ2v) is 5.32. The van der Waals surface area contributed by atoms with Crippen LogP contribution in [0.25, 0.3) is 0 Å². The molecule has 1 rings (SSSR count). The minimum Gasteiger partial charge on any atom is -0.478 e. The number of urea groups is 1. The summed E-state index contributed by atoms with van der Waals surface area (Å²) in [7, 11) is 5.52. The first kappa shape index (κ1) is 17.0. The molecule has 0 spiro atoms. The Balaban J connectivity index is 2.73. The minimum atomic E-state index is -1.05. The van der Waals surface area contributed by atoms with E-state index < -0.39 is 5.97 Å². The standard InChI is InChI=1S/C15H23N3O3/c1-11(9-10-17(2)3)16-15(21)18(4)13-8-6-5-7-12(13)14(19)20/h5-8,11H,9-10H2,1-4H3,(H,16,21)(H,19,20). The predicted molar refractivity (Wildman–Crippen MR) is 83.0 cm³/mol. The van der Waals surface area contributed by atoms with E-state index in [9.17, 15) is 9.59 Å². The van der Waals surface area contributed by atoms with Crippen LogP contribution in [0, 0.1) is 0 Å². The van der Waals surface area contributed by atoms with Crippen molar-refractivity contribution in [1.82, 2.24) is 10.2 Å².